The number of ether oxygens (including phenoxy) is 1. The van der Waals surface area contributed by atoms with Crippen molar-refractivity contribution in [3.8, 4) is 11.4 Å². The van der Waals surface area contributed by atoms with Crippen molar-refractivity contribution in [2.45, 2.75) is 25.3 Å². The van der Waals surface area contributed by atoms with E-state index >= 15 is 0 Å². The van der Waals surface area contributed by atoms with Crippen molar-refractivity contribution >= 4 is 5.82 Å². The van der Waals surface area contributed by atoms with E-state index in [9.17, 15) is 0 Å². The molecule has 0 bridgehead atoms. The van der Waals surface area contributed by atoms with E-state index < -0.39 is 0 Å². The van der Waals surface area contributed by atoms with Gasteiger partial charge in [-0.15, -0.1) is 6.58 Å². The van der Waals surface area contributed by atoms with Crippen LogP contribution in [0.3, 0.4) is 0 Å². The molecule has 0 amide bonds. The summed E-state index contributed by atoms with van der Waals surface area (Å²) in [7, 11) is 0. The van der Waals surface area contributed by atoms with Crippen LogP contribution in [0.2, 0.25) is 0 Å². The van der Waals surface area contributed by atoms with E-state index in [2.05, 4.69) is 18.7 Å². The third-order valence-electron chi connectivity index (χ3n) is 3.99. The van der Waals surface area contributed by atoms with Crippen LogP contribution in [-0.2, 0) is 11.3 Å². The summed E-state index contributed by atoms with van der Waals surface area (Å²) in [5, 5.41) is 0. The molecule has 1 aliphatic heterocycles. The Morgan fingerprint density at radius 2 is 2.00 bits per heavy atom. The summed E-state index contributed by atoms with van der Waals surface area (Å²) in [6.07, 6.45) is 3.84. The summed E-state index contributed by atoms with van der Waals surface area (Å²) in [4.78, 5) is 4.86. The Labute approximate surface area is 125 Å². The summed E-state index contributed by atoms with van der Waals surface area (Å²) in [5.74, 6) is 2.09. The van der Waals surface area contributed by atoms with Crippen molar-refractivity contribution in [2.75, 3.05) is 18.9 Å². The number of rotatable bonds is 4. The molecule has 3 rings (SSSR count). The lowest BCUT2D eigenvalue weighted by Crippen LogP contribution is -2.16. The normalized spacial score (nSPS) is 16.0. The van der Waals surface area contributed by atoms with Gasteiger partial charge in [-0.2, -0.15) is 0 Å². The second kappa shape index (κ2) is 6.14. The fraction of sp³-hybridized carbons (Fsp3) is 0.353. The molecule has 0 saturated carbocycles. The molecule has 0 radical (unpaired) electrons. The lowest BCUT2D eigenvalue weighted by atomic mass is 9.96. The van der Waals surface area contributed by atoms with Gasteiger partial charge in [0.2, 0.25) is 0 Å². The molecule has 0 atom stereocenters. The van der Waals surface area contributed by atoms with Gasteiger partial charge in [-0.25, -0.2) is 4.98 Å². The van der Waals surface area contributed by atoms with E-state index in [0.717, 1.165) is 49.0 Å². The molecule has 0 aliphatic carbocycles. The Morgan fingerprint density at radius 3 is 2.67 bits per heavy atom. The monoisotopic (exact) mass is 283 g/mol. The maximum Gasteiger partial charge on any atom is 0.142 e. The van der Waals surface area contributed by atoms with Crippen LogP contribution in [0.15, 0.2) is 43.0 Å². The molecule has 1 saturated heterocycles. The Bertz CT molecular complexity index is 612. The van der Waals surface area contributed by atoms with Crippen molar-refractivity contribution in [2.24, 2.45) is 0 Å². The second-order valence-corrected chi connectivity index (χ2v) is 5.36. The first-order valence-corrected chi connectivity index (χ1v) is 7.41. The fourth-order valence-corrected chi connectivity index (χ4v) is 2.88. The van der Waals surface area contributed by atoms with E-state index in [-0.39, 0.29) is 0 Å². The fourth-order valence-electron chi connectivity index (χ4n) is 2.88. The molecular weight excluding hydrogens is 262 g/mol. The lowest BCUT2D eigenvalue weighted by Gasteiger charge is -2.20. The van der Waals surface area contributed by atoms with E-state index in [4.69, 9.17) is 15.5 Å². The first-order chi connectivity index (χ1) is 10.3. The van der Waals surface area contributed by atoms with Gasteiger partial charge >= 0.3 is 0 Å². The molecule has 1 fully saturated rings. The zero-order valence-corrected chi connectivity index (χ0v) is 12.2. The Hall–Kier alpha value is -2.07. The standard InChI is InChI=1S/C17H21N3O/c1-2-10-20-16(18)15(13-8-11-21-12-9-13)19-17(20)14-6-4-3-5-7-14/h2-7,13H,1,8-12,18H2. The molecular formula is C17H21N3O. The topological polar surface area (TPSA) is 53.1 Å². The maximum atomic E-state index is 6.37. The van der Waals surface area contributed by atoms with Gasteiger partial charge in [0.05, 0.1) is 5.69 Å². The Kier molecular flexibility index (Phi) is 4.06. The van der Waals surface area contributed by atoms with Gasteiger partial charge in [0.15, 0.2) is 0 Å². The molecule has 1 aromatic carbocycles. The summed E-state index contributed by atoms with van der Waals surface area (Å²) in [6.45, 7) is 6.08. The van der Waals surface area contributed by atoms with Crippen LogP contribution in [-0.4, -0.2) is 22.8 Å². The van der Waals surface area contributed by atoms with E-state index in [1.807, 2.05) is 28.8 Å². The van der Waals surface area contributed by atoms with Gasteiger partial charge in [-0.05, 0) is 12.8 Å². The smallest absolute Gasteiger partial charge is 0.142 e. The minimum atomic E-state index is 0.396. The van der Waals surface area contributed by atoms with Crippen LogP contribution in [0.1, 0.15) is 24.5 Å². The molecule has 0 spiro atoms. The van der Waals surface area contributed by atoms with Crippen molar-refractivity contribution in [3.63, 3.8) is 0 Å². The number of hydrogen-bond acceptors (Lipinski definition) is 3. The first-order valence-electron chi connectivity index (χ1n) is 7.41. The molecule has 21 heavy (non-hydrogen) atoms. The molecule has 4 heteroatoms. The largest absolute Gasteiger partial charge is 0.384 e. The highest BCUT2D eigenvalue weighted by atomic mass is 16.5. The molecule has 110 valence electrons. The van der Waals surface area contributed by atoms with Gasteiger partial charge in [-0.1, -0.05) is 36.4 Å². The van der Waals surface area contributed by atoms with Gasteiger partial charge in [0, 0.05) is 31.2 Å². The zero-order valence-electron chi connectivity index (χ0n) is 12.2. The van der Waals surface area contributed by atoms with Crippen molar-refractivity contribution < 1.29 is 4.74 Å². The third-order valence-corrected chi connectivity index (χ3v) is 3.99. The van der Waals surface area contributed by atoms with E-state index in [1.54, 1.807) is 0 Å². The quantitative estimate of drug-likeness (QED) is 0.877. The minimum Gasteiger partial charge on any atom is -0.384 e. The first kappa shape index (κ1) is 13.9. The second-order valence-electron chi connectivity index (χ2n) is 5.36. The van der Waals surface area contributed by atoms with E-state index in [1.165, 1.54) is 0 Å². The molecule has 4 nitrogen and oxygen atoms in total. The van der Waals surface area contributed by atoms with Crippen LogP contribution in [0.5, 0.6) is 0 Å². The number of nitrogens with zero attached hydrogens (tertiary/aromatic N) is 2. The highest BCUT2D eigenvalue weighted by Crippen LogP contribution is 2.33. The van der Waals surface area contributed by atoms with Crippen LogP contribution in [0, 0.1) is 0 Å². The number of hydrogen-bond donors (Lipinski definition) is 1. The van der Waals surface area contributed by atoms with E-state index in [0.29, 0.717) is 12.5 Å². The lowest BCUT2D eigenvalue weighted by molar-refractivity contribution is 0.0847. The highest BCUT2D eigenvalue weighted by Gasteiger charge is 2.24. The predicted octanol–water partition coefficient (Wildman–Crippen LogP) is 3.21. The highest BCUT2D eigenvalue weighted by molar-refractivity contribution is 5.61. The maximum absolute atomic E-state index is 6.37. The van der Waals surface area contributed by atoms with Crippen LogP contribution in [0.4, 0.5) is 5.82 Å². The van der Waals surface area contributed by atoms with Crippen molar-refractivity contribution in [1.29, 1.82) is 0 Å². The molecule has 2 aromatic rings. The van der Waals surface area contributed by atoms with Gasteiger partial charge < -0.3 is 15.0 Å². The molecule has 2 heterocycles. The SMILES string of the molecule is C=CCn1c(-c2ccccc2)nc(C2CCOCC2)c1N. The molecule has 0 unspecified atom stereocenters. The molecule has 2 N–H and O–H groups in total. The Morgan fingerprint density at radius 1 is 1.29 bits per heavy atom. The summed E-state index contributed by atoms with van der Waals surface area (Å²) >= 11 is 0. The number of anilines is 1. The average molecular weight is 283 g/mol. The third kappa shape index (κ3) is 2.72. The minimum absolute atomic E-state index is 0.396. The zero-order chi connectivity index (χ0) is 14.7. The number of allylic oxidation sites excluding steroid dienone is 1. The average Bonchev–Trinajstić information content (AvgIpc) is 2.87. The van der Waals surface area contributed by atoms with Crippen LogP contribution >= 0.6 is 0 Å². The number of aromatic nitrogens is 2. The van der Waals surface area contributed by atoms with Crippen molar-refractivity contribution in [3.05, 3.63) is 48.7 Å². The summed E-state index contributed by atoms with van der Waals surface area (Å²) in [5.41, 5.74) is 8.47. The number of nitrogens with two attached hydrogens (primary N) is 1. The number of nitrogen functional groups attached to an aromatic ring is 1. The predicted molar refractivity (Wildman–Crippen MR) is 85.1 cm³/mol. The van der Waals surface area contributed by atoms with Gasteiger partial charge in [0.1, 0.15) is 11.6 Å². The molecule has 1 aromatic heterocycles. The van der Waals surface area contributed by atoms with Crippen LogP contribution < -0.4 is 5.73 Å². The Balaban J connectivity index is 2.04. The van der Waals surface area contributed by atoms with Gasteiger partial charge in [-0.3, -0.25) is 0 Å². The number of benzene rings is 1. The number of imidazole rings is 1. The van der Waals surface area contributed by atoms with Gasteiger partial charge in [0.25, 0.3) is 0 Å². The molecule has 1 aliphatic rings. The van der Waals surface area contributed by atoms with Crippen molar-refractivity contribution in [1.82, 2.24) is 9.55 Å². The summed E-state index contributed by atoms with van der Waals surface area (Å²) < 4.78 is 7.49. The summed E-state index contributed by atoms with van der Waals surface area (Å²) in [6, 6.07) is 10.2. The van der Waals surface area contributed by atoms with Crippen LogP contribution in [0.25, 0.3) is 11.4 Å².